The molecular formula is C21H25NO5. The first-order chi connectivity index (χ1) is 12.9. The van der Waals surface area contributed by atoms with Gasteiger partial charge in [0.2, 0.25) is 5.91 Å². The number of rotatable bonds is 9. The Kier molecular flexibility index (Phi) is 7.23. The van der Waals surface area contributed by atoms with Crippen LogP contribution in [-0.4, -0.2) is 42.6 Å². The molecule has 0 bridgehead atoms. The van der Waals surface area contributed by atoms with Crippen LogP contribution in [0.3, 0.4) is 0 Å². The third-order valence-corrected chi connectivity index (χ3v) is 4.31. The maximum absolute atomic E-state index is 12.9. The van der Waals surface area contributed by atoms with Gasteiger partial charge in [-0.05, 0) is 41.8 Å². The fourth-order valence-electron chi connectivity index (χ4n) is 2.84. The van der Waals surface area contributed by atoms with Crippen molar-refractivity contribution in [3.8, 4) is 11.5 Å². The Morgan fingerprint density at radius 1 is 1.04 bits per heavy atom. The average molecular weight is 371 g/mol. The molecular weight excluding hydrogens is 346 g/mol. The lowest BCUT2D eigenvalue weighted by Gasteiger charge is -2.23. The molecule has 0 aliphatic heterocycles. The third kappa shape index (κ3) is 5.74. The van der Waals surface area contributed by atoms with Gasteiger partial charge in [0.1, 0.15) is 11.5 Å². The highest BCUT2D eigenvalue weighted by molar-refractivity contribution is 5.83. The first-order valence-corrected chi connectivity index (χ1v) is 8.77. The fraction of sp³-hybridized carbons (Fsp3) is 0.333. The largest absolute Gasteiger partial charge is 0.497 e. The van der Waals surface area contributed by atoms with Crippen LogP contribution >= 0.6 is 0 Å². The van der Waals surface area contributed by atoms with E-state index in [2.05, 4.69) is 0 Å². The molecule has 0 saturated heterocycles. The number of hydrogen-bond donors (Lipinski definition) is 1. The zero-order valence-corrected chi connectivity index (χ0v) is 15.8. The van der Waals surface area contributed by atoms with Crippen LogP contribution < -0.4 is 9.47 Å². The molecule has 6 heteroatoms. The number of amides is 1. The van der Waals surface area contributed by atoms with Crippen molar-refractivity contribution in [3.63, 3.8) is 0 Å². The molecule has 1 amide bonds. The Balaban J connectivity index is 2.01. The summed E-state index contributed by atoms with van der Waals surface area (Å²) in [5, 5.41) is 8.63. The van der Waals surface area contributed by atoms with Gasteiger partial charge in [0.25, 0.3) is 0 Å². The van der Waals surface area contributed by atoms with E-state index in [1.165, 1.54) is 0 Å². The van der Waals surface area contributed by atoms with Crippen molar-refractivity contribution in [3.05, 3.63) is 59.7 Å². The second kappa shape index (κ2) is 9.62. The molecule has 0 aromatic heterocycles. The molecule has 0 saturated carbocycles. The van der Waals surface area contributed by atoms with Gasteiger partial charge in [-0.15, -0.1) is 0 Å². The summed E-state index contributed by atoms with van der Waals surface area (Å²) in [7, 11) is 3.40. The van der Waals surface area contributed by atoms with Crippen LogP contribution in [0.1, 0.15) is 30.4 Å². The minimum atomic E-state index is -1.02. The van der Waals surface area contributed by atoms with Crippen molar-refractivity contribution in [2.75, 3.05) is 20.8 Å². The maximum Gasteiger partial charge on any atom is 0.341 e. The zero-order chi connectivity index (χ0) is 19.8. The number of carboxylic acid groups (broad SMARTS) is 1. The number of carbonyl (C=O) groups excluding carboxylic acids is 1. The molecule has 1 N–H and O–H groups in total. The fourth-order valence-corrected chi connectivity index (χ4v) is 2.84. The van der Waals surface area contributed by atoms with Crippen LogP contribution in [-0.2, 0) is 16.1 Å². The van der Waals surface area contributed by atoms with E-state index < -0.39 is 5.97 Å². The van der Waals surface area contributed by atoms with Crippen molar-refractivity contribution in [2.24, 2.45) is 0 Å². The molecule has 27 heavy (non-hydrogen) atoms. The highest BCUT2D eigenvalue weighted by atomic mass is 16.5. The normalized spacial score (nSPS) is 11.5. The van der Waals surface area contributed by atoms with E-state index in [1.807, 2.05) is 43.3 Å². The van der Waals surface area contributed by atoms with Gasteiger partial charge in [-0.3, -0.25) is 4.79 Å². The highest BCUT2D eigenvalue weighted by Crippen LogP contribution is 2.25. The topological polar surface area (TPSA) is 76.1 Å². The van der Waals surface area contributed by atoms with Gasteiger partial charge in [-0.2, -0.15) is 0 Å². The van der Waals surface area contributed by atoms with E-state index in [0.29, 0.717) is 18.7 Å². The lowest BCUT2D eigenvalue weighted by molar-refractivity contribution is -0.139. The molecule has 1 atom stereocenters. The molecule has 6 nitrogen and oxygen atoms in total. The summed E-state index contributed by atoms with van der Waals surface area (Å²) in [4.78, 5) is 25.1. The molecule has 0 aliphatic carbocycles. The summed E-state index contributed by atoms with van der Waals surface area (Å²) >= 11 is 0. The van der Waals surface area contributed by atoms with Gasteiger partial charge in [0.05, 0.1) is 13.0 Å². The monoisotopic (exact) mass is 371 g/mol. The maximum atomic E-state index is 12.9. The second-order valence-electron chi connectivity index (χ2n) is 6.25. The molecule has 0 fully saturated rings. The average Bonchev–Trinajstić information content (AvgIpc) is 2.68. The number of carboxylic acids is 1. The van der Waals surface area contributed by atoms with E-state index in [1.54, 1.807) is 31.2 Å². The number of aliphatic carboxylic acids is 1. The number of methoxy groups -OCH3 is 1. The van der Waals surface area contributed by atoms with Crippen molar-refractivity contribution in [1.82, 2.24) is 4.90 Å². The lowest BCUT2D eigenvalue weighted by atomic mass is 9.95. The Morgan fingerprint density at radius 2 is 1.63 bits per heavy atom. The second-order valence-corrected chi connectivity index (χ2v) is 6.25. The van der Waals surface area contributed by atoms with Crippen LogP contribution in [0, 0.1) is 0 Å². The molecule has 144 valence electrons. The molecule has 0 aliphatic rings. The molecule has 2 aromatic carbocycles. The van der Waals surface area contributed by atoms with Crippen LogP contribution in [0.5, 0.6) is 11.5 Å². The predicted octanol–water partition coefficient (Wildman–Crippen LogP) is 3.31. The minimum Gasteiger partial charge on any atom is -0.497 e. The Hall–Kier alpha value is -3.02. The number of hydrogen-bond acceptors (Lipinski definition) is 4. The SMILES string of the molecule is CCC(C(=O)N(C)Cc1ccc(OCC(=O)O)cc1)c1ccc(OC)cc1. The Labute approximate surface area is 159 Å². The van der Waals surface area contributed by atoms with Crippen LogP contribution in [0.2, 0.25) is 0 Å². The molecule has 1 unspecified atom stereocenters. The number of benzene rings is 2. The smallest absolute Gasteiger partial charge is 0.341 e. The van der Waals surface area contributed by atoms with Gasteiger partial charge >= 0.3 is 5.97 Å². The van der Waals surface area contributed by atoms with Gasteiger partial charge in [-0.25, -0.2) is 4.79 Å². The Morgan fingerprint density at radius 3 is 2.15 bits per heavy atom. The standard InChI is InChI=1S/C21H25NO5/c1-4-19(16-7-11-17(26-3)12-8-16)21(25)22(2)13-15-5-9-18(10-6-15)27-14-20(23)24/h5-12,19H,4,13-14H2,1-3H3,(H,23,24). The van der Waals surface area contributed by atoms with Crippen molar-refractivity contribution in [2.45, 2.75) is 25.8 Å². The van der Waals surface area contributed by atoms with Gasteiger partial charge < -0.3 is 19.5 Å². The molecule has 0 radical (unpaired) electrons. The van der Waals surface area contributed by atoms with Crippen molar-refractivity contribution in [1.29, 1.82) is 0 Å². The van der Waals surface area contributed by atoms with Crippen molar-refractivity contribution < 1.29 is 24.2 Å². The summed E-state index contributed by atoms with van der Waals surface area (Å²) in [5.41, 5.74) is 1.91. The van der Waals surface area contributed by atoms with Gasteiger partial charge in [0, 0.05) is 13.6 Å². The van der Waals surface area contributed by atoms with E-state index in [0.717, 1.165) is 16.9 Å². The summed E-state index contributed by atoms with van der Waals surface area (Å²) in [6.07, 6.45) is 0.706. The summed E-state index contributed by atoms with van der Waals surface area (Å²) < 4.78 is 10.3. The molecule has 0 heterocycles. The van der Waals surface area contributed by atoms with Crippen LogP contribution in [0.25, 0.3) is 0 Å². The van der Waals surface area contributed by atoms with E-state index in [-0.39, 0.29) is 18.4 Å². The Bertz CT molecular complexity index is 755. The first-order valence-electron chi connectivity index (χ1n) is 8.77. The number of nitrogens with zero attached hydrogens (tertiary/aromatic N) is 1. The third-order valence-electron chi connectivity index (χ3n) is 4.31. The zero-order valence-electron chi connectivity index (χ0n) is 15.8. The number of carbonyl (C=O) groups is 2. The predicted molar refractivity (Wildman–Crippen MR) is 102 cm³/mol. The highest BCUT2D eigenvalue weighted by Gasteiger charge is 2.22. The van der Waals surface area contributed by atoms with E-state index in [9.17, 15) is 9.59 Å². The van der Waals surface area contributed by atoms with Crippen molar-refractivity contribution >= 4 is 11.9 Å². The van der Waals surface area contributed by atoms with Crippen LogP contribution in [0.15, 0.2) is 48.5 Å². The lowest BCUT2D eigenvalue weighted by Crippen LogP contribution is -2.31. The number of likely N-dealkylation sites (N-methyl/N-ethyl adjacent to an activating group) is 1. The summed E-state index contributed by atoms with van der Waals surface area (Å²) in [6.45, 7) is 2.08. The first kappa shape index (κ1) is 20.3. The summed E-state index contributed by atoms with van der Waals surface area (Å²) in [5.74, 6) is 0.0703. The van der Waals surface area contributed by atoms with E-state index in [4.69, 9.17) is 14.6 Å². The molecule has 2 rings (SSSR count). The quantitative estimate of drug-likeness (QED) is 0.732. The number of ether oxygens (including phenoxy) is 2. The minimum absolute atomic E-state index is 0.0499. The van der Waals surface area contributed by atoms with Gasteiger partial charge in [0.15, 0.2) is 6.61 Å². The van der Waals surface area contributed by atoms with Gasteiger partial charge in [-0.1, -0.05) is 31.2 Å². The van der Waals surface area contributed by atoms with E-state index >= 15 is 0 Å². The molecule has 2 aromatic rings. The molecule has 0 spiro atoms. The van der Waals surface area contributed by atoms with Crippen LogP contribution in [0.4, 0.5) is 0 Å². The summed E-state index contributed by atoms with van der Waals surface area (Å²) in [6, 6.07) is 14.6.